The van der Waals surface area contributed by atoms with Gasteiger partial charge in [-0.05, 0) is 25.7 Å². The van der Waals surface area contributed by atoms with Gasteiger partial charge in [-0.15, -0.1) is 0 Å². The van der Waals surface area contributed by atoms with Crippen LogP contribution in [0.2, 0.25) is 0 Å². The van der Waals surface area contributed by atoms with Gasteiger partial charge in [0.05, 0.1) is 8.65 Å². The summed E-state index contributed by atoms with van der Waals surface area (Å²) < 4.78 is -0.785. The van der Waals surface area contributed by atoms with Crippen molar-refractivity contribution in [3.8, 4) is 0 Å². The first-order chi connectivity index (χ1) is 6.45. The van der Waals surface area contributed by atoms with Crippen molar-refractivity contribution in [3.05, 3.63) is 0 Å². The molecule has 0 N–H and O–H groups in total. The molecule has 2 nitrogen and oxygen atoms in total. The van der Waals surface area contributed by atoms with Crippen LogP contribution in [0.15, 0.2) is 0 Å². The molecule has 4 aliphatic carbocycles. The second-order valence-corrected chi connectivity index (χ2v) is 7.91. The quantitative estimate of drug-likeness (QED) is 0.641. The third-order valence-corrected chi connectivity index (χ3v) is 5.88. The first-order valence-corrected chi connectivity index (χ1v) is 6.50. The Morgan fingerprint density at radius 2 is 1.43 bits per heavy atom. The van der Waals surface area contributed by atoms with Crippen LogP contribution in [0.25, 0.3) is 0 Å². The van der Waals surface area contributed by atoms with Crippen LogP contribution in [0.1, 0.15) is 25.7 Å². The molecule has 0 spiro atoms. The Bertz CT molecular complexity index is 322. The van der Waals surface area contributed by atoms with E-state index in [-0.39, 0.29) is 11.8 Å². The van der Waals surface area contributed by atoms with Gasteiger partial charge in [0.1, 0.15) is 0 Å². The molecule has 14 heavy (non-hydrogen) atoms. The van der Waals surface area contributed by atoms with E-state index in [1.54, 1.807) is 0 Å². The maximum Gasteiger partial charge on any atom is 0.152 e. The number of carbonyl (C=O) groups is 2. The second-order valence-electron chi connectivity index (χ2n) is 4.87. The van der Waals surface area contributed by atoms with Crippen LogP contribution in [0, 0.1) is 11.8 Å². The van der Waals surface area contributed by atoms with Gasteiger partial charge in [0.15, 0.2) is 11.6 Å². The molecular formula is C10H10Br2O2. The number of halogens is 2. The summed E-state index contributed by atoms with van der Waals surface area (Å²) in [5.74, 6) is 0.880. The third kappa shape index (κ3) is 0.967. The van der Waals surface area contributed by atoms with Crippen LogP contribution < -0.4 is 0 Å². The molecule has 4 atom stereocenters. The number of ketones is 2. The molecule has 4 saturated carbocycles. The van der Waals surface area contributed by atoms with Gasteiger partial charge in [0.2, 0.25) is 0 Å². The molecule has 0 aromatic carbocycles. The van der Waals surface area contributed by atoms with E-state index in [1.165, 1.54) is 0 Å². The fourth-order valence-corrected chi connectivity index (χ4v) is 6.15. The molecule has 4 aliphatic rings. The topological polar surface area (TPSA) is 34.1 Å². The van der Waals surface area contributed by atoms with Gasteiger partial charge in [-0.2, -0.15) is 0 Å². The number of hydrogen-bond donors (Lipinski definition) is 0. The van der Waals surface area contributed by atoms with Crippen LogP contribution >= 0.6 is 31.9 Å². The molecule has 0 aromatic heterocycles. The number of Topliss-reactive ketones (excluding diaryl/α,β-unsaturated/α-hetero) is 2. The summed E-state index contributed by atoms with van der Waals surface area (Å²) >= 11 is 7.11. The van der Waals surface area contributed by atoms with Gasteiger partial charge in [-0.3, -0.25) is 9.59 Å². The highest BCUT2D eigenvalue weighted by atomic mass is 79.9. The molecule has 4 rings (SSSR count). The second kappa shape index (κ2) is 2.51. The lowest BCUT2D eigenvalue weighted by molar-refractivity contribution is -0.145. The van der Waals surface area contributed by atoms with Crippen molar-refractivity contribution < 1.29 is 9.59 Å². The van der Waals surface area contributed by atoms with Crippen LogP contribution in [-0.2, 0) is 9.59 Å². The SMILES string of the molecule is O=C1[C@@H]2C[C@@H]3C[C@@]1(Br)C[C@@](Br)(C2)C3=O. The van der Waals surface area contributed by atoms with Gasteiger partial charge in [-0.1, -0.05) is 31.9 Å². The highest BCUT2D eigenvalue weighted by Crippen LogP contribution is 2.60. The zero-order chi connectivity index (χ0) is 10.1. The Balaban J connectivity index is 2.11. The molecule has 4 bridgehead atoms. The van der Waals surface area contributed by atoms with Gasteiger partial charge < -0.3 is 0 Å². The average Bonchev–Trinajstić information content (AvgIpc) is 2.06. The molecule has 0 aliphatic heterocycles. The minimum Gasteiger partial charge on any atom is -0.298 e. The zero-order valence-electron chi connectivity index (χ0n) is 7.56. The fraction of sp³-hybridized carbons (Fsp3) is 0.800. The molecule has 0 saturated heterocycles. The Hall–Kier alpha value is 0.300. The van der Waals surface area contributed by atoms with E-state index >= 15 is 0 Å². The molecule has 76 valence electrons. The summed E-state index contributed by atoms with van der Waals surface area (Å²) in [7, 11) is 0. The summed E-state index contributed by atoms with van der Waals surface area (Å²) in [4.78, 5) is 23.9. The Morgan fingerprint density at radius 1 is 1.00 bits per heavy atom. The molecule has 0 unspecified atom stereocenters. The van der Waals surface area contributed by atoms with E-state index in [4.69, 9.17) is 0 Å². The van der Waals surface area contributed by atoms with Crippen LogP contribution in [0.5, 0.6) is 0 Å². The first kappa shape index (κ1) is 9.52. The van der Waals surface area contributed by atoms with E-state index in [0.717, 1.165) is 6.42 Å². The van der Waals surface area contributed by atoms with Crippen molar-refractivity contribution in [1.82, 2.24) is 0 Å². The molecule has 0 amide bonds. The Labute approximate surface area is 99.1 Å². The highest BCUT2D eigenvalue weighted by Gasteiger charge is 2.65. The van der Waals surface area contributed by atoms with Gasteiger partial charge in [0.25, 0.3) is 0 Å². The van der Waals surface area contributed by atoms with Gasteiger partial charge in [0, 0.05) is 11.8 Å². The molecule has 4 heteroatoms. The summed E-state index contributed by atoms with van der Waals surface area (Å²) in [6.07, 6.45) is 2.87. The van der Waals surface area contributed by atoms with Crippen molar-refractivity contribution >= 4 is 43.4 Å². The summed E-state index contributed by atoms with van der Waals surface area (Å²) in [6, 6.07) is 0. The maximum absolute atomic E-state index is 12.0. The monoisotopic (exact) mass is 320 g/mol. The number of carbonyl (C=O) groups excluding carboxylic acids is 2. The van der Waals surface area contributed by atoms with E-state index in [9.17, 15) is 9.59 Å². The average molecular weight is 322 g/mol. The largest absolute Gasteiger partial charge is 0.298 e. The van der Waals surface area contributed by atoms with Crippen molar-refractivity contribution in [3.63, 3.8) is 0 Å². The van der Waals surface area contributed by atoms with Gasteiger partial charge >= 0.3 is 0 Å². The number of rotatable bonds is 0. The number of alkyl halides is 2. The van der Waals surface area contributed by atoms with Crippen molar-refractivity contribution in [2.45, 2.75) is 34.3 Å². The fourth-order valence-electron chi connectivity index (χ4n) is 3.39. The smallest absolute Gasteiger partial charge is 0.152 e. The molecule has 0 radical (unpaired) electrons. The molecule has 0 heterocycles. The predicted octanol–water partition coefficient (Wildman–Crippen LogP) is 2.23. The lowest BCUT2D eigenvalue weighted by Gasteiger charge is -2.55. The molecular weight excluding hydrogens is 312 g/mol. The van der Waals surface area contributed by atoms with Gasteiger partial charge in [-0.25, -0.2) is 0 Å². The Kier molecular flexibility index (Phi) is 1.71. The van der Waals surface area contributed by atoms with Crippen LogP contribution in [0.4, 0.5) is 0 Å². The van der Waals surface area contributed by atoms with Crippen molar-refractivity contribution in [2.75, 3.05) is 0 Å². The minimum absolute atomic E-state index is 0.110. The number of hydrogen-bond acceptors (Lipinski definition) is 2. The van der Waals surface area contributed by atoms with E-state index in [2.05, 4.69) is 31.9 Å². The summed E-state index contributed by atoms with van der Waals surface area (Å²) in [5, 5.41) is 0. The lowest BCUT2D eigenvalue weighted by Crippen LogP contribution is -2.64. The standard InChI is InChI=1S/C10H10Br2O2/c11-9-2-5-1-6(8(9)14)3-10(12,4-9)7(5)13/h5-6H,1-4H2/t5-,6-,9-,10+/m1/s1. The van der Waals surface area contributed by atoms with E-state index in [0.29, 0.717) is 30.8 Å². The van der Waals surface area contributed by atoms with Crippen LogP contribution in [0.3, 0.4) is 0 Å². The summed E-state index contributed by atoms with van der Waals surface area (Å²) in [6.45, 7) is 0. The van der Waals surface area contributed by atoms with Crippen LogP contribution in [-0.4, -0.2) is 20.2 Å². The molecule has 4 fully saturated rings. The lowest BCUT2D eigenvalue weighted by atomic mass is 9.55. The minimum atomic E-state index is -0.393. The first-order valence-electron chi connectivity index (χ1n) is 4.91. The van der Waals surface area contributed by atoms with E-state index in [1.807, 2.05) is 0 Å². The zero-order valence-corrected chi connectivity index (χ0v) is 10.7. The summed E-state index contributed by atoms with van der Waals surface area (Å²) in [5.41, 5.74) is 0. The predicted molar refractivity (Wildman–Crippen MR) is 58.8 cm³/mol. The molecule has 0 aromatic rings. The Morgan fingerprint density at radius 3 is 1.79 bits per heavy atom. The van der Waals surface area contributed by atoms with Crippen molar-refractivity contribution in [1.29, 1.82) is 0 Å². The van der Waals surface area contributed by atoms with E-state index < -0.39 is 8.65 Å². The maximum atomic E-state index is 12.0. The normalized spacial score (nSPS) is 55.6. The third-order valence-electron chi connectivity index (χ3n) is 3.89. The highest BCUT2D eigenvalue weighted by molar-refractivity contribution is 9.11. The van der Waals surface area contributed by atoms with Crippen molar-refractivity contribution in [2.24, 2.45) is 11.8 Å².